The standard InChI is InChI=1S/C12H17NO4S/c1-12(2,3)17-11(14)9-6-5-8(7-10(9)13)18(4,15)16/h5-7H,13H2,1-4H3. The Balaban J connectivity index is 3.11. The third kappa shape index (κ3) is 3.73. The van der Waals surface area contributed by atoms with E-state index in [2.05, 4.69) is 0 Å². The maximum absolute atomic E-state index is 11.8. The Bertz CT molecular complexity index is 570. The van der Waals surface area contributed by atoms with Gasteiger partial charge in [-0.3, -0.25) is 0 Å². The van der Waals surface area contributed by atoms with Crippen LogP contribution >= 0.6 is 0 Å². The molecule has 18 heavy (non-hydrogen) atoms. The number of sulfone groups is 1. The number of benzene rings is 1. The third-order valence-electron chi connectivity index (χ3n) is 2.07. The second-order valence-electron chi connectivity index (χ2n) is 5.02. The number of hydrogen-bond donors (Lipinski definition) is 1. The molecule has 6 heteroatoms. The van der Waals surface area contributed by atoms with E-state index in [1.165, 1.54) is 18.2 Å². The summed E-state index contributed by atoms with van der Waals surface area (Å²) in [5.41, 5.74) is 5.30. The molecule has 1 aromatic rings. The van der Waals surface area contributed by atoms with Crippen molar-refractivity contribution < 1.29 is 17.9 Å². The number of hydrogen-bond acceptors (Lipinski definition) is 5. The lowest BCUT2D eigenvalue weighted by Crippen LogP contribution is -2.24. The van der Waals surface area contributed by atoms with Gasteiger partial charge in [0, 0.05) is 11.9 Å². The van der Waals surface area contributed by atoms with Gasteiger partial charge in [-0.15, -0.1) is 0 Å². The van der Waals surface area contributed by atoms with Crippen molar-refractivity contribution in [3.63, 3.8) is 0 Å². The summed E-state index contributed by atoms with van der Waals surface area (Å²) in [7, 11) is -3.34. The van der Waals surface area contributed by atoms with Crippen molar-refractivity contribution in [3.8, 4) is 0 Å². The Kier molecular flexibility index (Phi) is 3.71. The minimum absolute atomic E-state index is 0.0762. The largest absolute Gasteiger partial charge is 0.456 e. The van der Waals surface area contributed by atoms with Crippen LogP contribution < -0.4 is 5.73 Å². The minimum Gasteiger partial charge on any atom is -0.456 e. The molecule has 0 aromatic heterocycles. The predicted octanol–water partition coefficient (Wildman–Crippen LogP) is 1.63. The molecule has 5 nitrogen and oxygen atoms in total. The topological polar surface area (TPSA) is 86.5 Å². The molecule has 0 saturated heterocycles. The molecule has 0 bridgehead atoms. The summed E-state index contributed by atoms with van der Waals surface area (Å²) in [4.78, 5) is 11.9. The van der Waals surface area contributed by atoms with Crippen molar-refractivity contribution in [1.29, 1.82) is 0 Å². The molecule has 0 saturated carbocycles. The summed E-state index contributed by atoms with van der Waals surface area (Å²) in [6.45, 7) is 5.23. The van der Waals surface area contributed by atoms with Gasteiger partial charge in [-0.05, 0) is 39.0 Å². The van der Waals surface area contributed by atoms with Crippen LogP contribution in [0.4, 0.5) is 5.69 Å². The normalized spacial score (nSPS) is 12.2. The summed E-state index contributed by atoms with van der Waals surface area (Å²) >= 11 is 0. The molecule has 0 fully saturated rings. The number of nitrogen functional groups attached to an aromatic ring is 1. The van der Waals surface area contributed by atoms with E-state index in [-0.39, 0.29) is 16.1 Å². The number of esters is 1. The molecule has 0 heterocycles. The van der Waals surface area contributed by atoms with Crippen molar-refractivity contribution in [1.82, 2.24) is 0 Å². The van der Waals surface area contributed by atoms with Gasteiger partial charge in [0.2, 0.25) is 0 Å². The SMILES string of the molecule is CC(C)(C)OC(=O)c1ccc(S(C)(=O)=O)cc1N. The maximum Gasteiger partial charge on any atom is 0.340 e. The fraction of sp³-hybridized carbons (Fsp3) is 0.417. The Morgan fingerprint density at radius 3 is 2.22 bits per heavy atom. The quantitative estimate of drug-likeness (QED) is 0.652. The van der Waals surface area contributed by atoms with Gasteiger partial charge < -0.3 is 10.5 Å². The second-order valence-corrected chi connectivity index (χ2v) is 7.04. The molecular weight excluding hydrogens is 254 g/mol. The van der Waals surface area contributed by atoms with E-state index in [4.69, 9.17) is 10.5 Å². The van der Waals surface area contributed by atoms with E-state index in [9.17, 15) is 13.2 Å². The zero-order valence-electron chi connectivity index (χ0n) is 10.9. The van der Waals surface area contributed by atoms with Crippen molar-refractivity contribution in [2.24, 2.45) is 0 Å². The molecule has 0 spiro atoms. The lowest BCUT2D eigenvalue weighted by Gasteiger charge is -2.20. The first-order valence-corrected chi connectivity index (χ1v) is 7.23. The van der Waals surface area contributed by atoms with Crippen LogP contribution in [0.25, 0.3) is 0 Å². The van der Waals surface area contributed by atoms with Gasteiger partial charge in [-0.25, -0.2) is 13.2 Å². The average Bonchev–Trinajstić information content (AvgIpc) is 2.12. The first-order valence-electron chi connectivity index (χ1n) is 5.33. The number of carbonyl (C=O) groups excluding carboxylic acids is 1. The Labute approximate surface area is 107 Å². The highest BCUT2D eigenvalue weighted by atomic mass is 32.2. The van der Waals surface area contributed by atoms with E-state index < -0.39 is 21.4 Å². The molecule has 0 aliphatic heterocycles. The average molecular weight is 271 g/mol. The van der Waals surface area contributed by atoms with Crippen LogP contribution in [-0.2, 0) is 14.6 Å². The molecule has 0 radical (unpaired) electrons. The van der Waals surface area contributed by atoms with Crippen LogP contribution in [0.5, 0.6) is 0 Å². The highest BCUT2D eigenvalue weighted by Crippen LogP contribution is 2.21. The highest BCUT2D eigenvalue weighted by molar-refractivity contribution is 7.90. The molecule has 0 atom stereocenters. The smallest absolute Gasteiger partial charge is 0.340 e. The Morgan fingerprint density at radius 1 is 1.28 bits per heavy atom. The van der Waals surface area contributed by atoms with Gasteiger partial charge >= 0.3 is 5.97 Å². The maximum atomic E-state index is 11.8. The van der Waals surface area contributed by atoms with Crippen molar-refractivity contribution in [3.05, 3.63) is 23.8 Å². The Morgan fingerprint density at radius 2 is 1.83 bits per heavy atom. The Hall–Kier alpha value is -1.56. The van der Waals surface area contributed by atoms with Gasteiger partial charge in [0.05, 0.1) is 10.5 Å². The van der Waals surface area contributed by atoms with Crippen LogP contribution in [0.3, 0.4) is 0 Å². The van der Waals surface area contributed by atoms with E-state index in [1.807, 2.05) is 0 Å². The molecule has 0 amide bonds. The first kappa shape index (κ1) is 14.5. The fourth-order valence-corrected chi connectivity index (χ4v) is 1.95. The summed E-state index contributed by atoms with van der Waals surface area (Å²) < 4.78 is 27.8. The van der Waals surface area contributed by atoms with E-state index in [1.54, 1.807) is 20.8 Å². The van der Waals surface area contributed by atoms with Crippen molar-refractivity contribution in [2.45, 2.75) is 31.3 Å². The zero-order chi connectivity index (χ0) is 14.1. The predicted molar refractivity (Wildman–Crippen MR) is 69.1 cm³/mol. The molecule has 2 N–H and O–H groups in total. The molecule has 1 aromatic carbocycles. The monoisotopic (exact) mass is 271 g/mol. The van der Waals surface area contributed by atoms with Crippen LogP contribution in [0.1, 0.15) is 31.1 Å². The summed E-state index contributed by atoms with van der Waals surface area (Å²) in [5, 5.41) is 0. The van der Waals surface area contributed by atoms with E-state index >= 15 is 0 Å². The molecular formula is C12H17NO4S. The number of carbonyl (C=O) groups is 1. The number of nitrogens with two attached hydrogens (primary N) is 1. The van der Waals surface area contributed by atoms with Crippen LogP contribution in [0.15, 0.2) is 23.1 Å². The van der Waals surface area contributed by atoms with Gasteiger partial charge in [0.15, 0.2) is 9.84 Å². The summed E-state index contributed by atoms with van der Waals surface area (Å²) in [5.74, 6) is -0.569. The summed E-state index contributed by atoms with van der Waals surface area (Å²) in [6, 6.07) is 3.96. The number of ether oxygens (including phenoxy) is 1. The third-order valence-corrected chi connectivity index (χ3v) is 3.18. The molecule has 100 valence electrons. The molecule has 0 aliphatic rings. The zero-order valence-corrected chi connectivity index (χ0v) is 11.7. The molecule has 1 rings (SSSR count). The van der Waals surface area contributed by atoms with Crippen LogP contribution in [0.2, 0.25) is 0 Å². The van der Waals surface area contributed by atoms with E-state index in [0.29, 0.717) is 0 Å². The minimum atomic E-state index is -3.34. The lowest BCUT2D eigenvalue weighted by atomic mass is 10.1. The lowest BCUT2D eigenvalue weighted by molar-refractivity contribution is 0.00707. The van der Waals surface area contributed by atoms with Crippen molar-refractivity contribution in [2.75, 3.05) is 12.0 Å². The van der Waals surface area contributed by atoms with Gasteiger partial charge in [0.25, 0.3) is 0 Å². The van der Waals surface area contributed by atoms with Crippen LogP contribution in [0, 0.1) is 0 Å². The first-order chi connectivity index (χ1) is 8.00. The molecule has 0 unspecified atom stereocenters. The summed E-state index contributed by atoms with van der Waals surface area (Å²) in [6.07, 6.45) is 1.08. The van der Waals surface area contributed by atoms with Gasteiger partial charge in [-0.1, -0.05) is 0 Å². The van der Waals surface area contributed by atoms with Crippen LogP contribution in [-0.4, -0.2) is 26.2 Å². The molecule has 0 aliphatic carbocycles. The fourth-order valence-electron chi connectivity index (χ4n) is 1.29. The van der Waals surface area contributed by atoms with E-state index in [0.717, 1.165) is 6.26 Å². The number of anilines is 1. The van der Waals surface area contributed by atoms with Gasteiger partial charge in [0.1, 0.15) is 5.60 Å². The van der Waals surface area contributed by atoms with Crippen molar-refractivity contribution >= 4 is 21.5 Å². The number of rotatable bonds is 2. The second kappa shape index (κ2) is 4.61. The highest BCUT2D eigenvalue weighted by Gasteiger charge is 2.20. The van der Waals surface area contributed by atoms with Gasteiger partial charge in [-0.2, -0.15) is 0 Å².